The number of fused-ring (bicyclic) bond motifs is 1. The summed E-state index contributed by atoms with van der Waals surface area (Å²) in [4.78, 5) is 33.2. The number of benzene rings is 3. The minimum Gasteiger partial charge on any atom is -0.497 e. The van der Waals surface area contributed by atoms with Crippen molar-refractivity contribution in [1.82, 2.24) is 9.55 Å². The maximum absolute atomic E-state index is 13.6. The van der Waals surface area contributed by atoms with Gasteiger partial charge < -0.3 is 14.5 Å². The molecule has 1 aliphatic rings. The highest BCUT2D eigenvalue weighted by Gasteiger charge is 2.23. The summed E-state index contributed by atoms with van der Waals surface area (Å²) < 4.78 is 6.95. The number of hydrogen-bond donors (Lipinski definition) is 0. The molecule has 2 heterocycles. The lowest BCUT2D eigenvalue weighted by molar-refractivity contribution is -0.384. The molecule has 1 aliphatic heterocycles. The first kappa shape index (κ1) is 22.4. The Bertz CT molecular complexity index is 1410. The Hall–Kier alpha value is -4.40. The monoisotopic (exact) mass is 471 g/mol. The van der Waals surface area contributed by atoms with Gasteiger partial charge in [-0.25, -0.2) is 4.98 Å². The van der Waals surface area contributed by atoms with Crippen LogP contribution in [0.3, 0.4) is 0 Å². The van der Waals surface area contributed by atoms with Gasteiger partial charge in [0.1, 0.15) is 5.75 Å². The molecule has 1 aromatic heterocycles. The van der Waals surface area contributed by atoms with Crippen LogP contribution >= 0.6 is 0 Å². The molecular formula is C26H25N5O4. The number of hydrogen-bond acceptors (Lipinski definition) is 7. The van der Waals surface area contributed by atoms with Crippen molar-refractivity contribution in [1.29, 1.82) is 0 Å². The summed E-state index contributed by atoms with van der Waals surface area (Å²) in [6.07, 6.45) is 0. The Morgan fingerprint density at radius 1 is 0.914 bits per heavy atom. The molecule has 0 saturated carbocycles. The van der Waals surface area contributed by atoms with Gasteiger partial charge in [-0.2, -0.15) is 0 Å². The molecule has 35 heavy (non-hydrogen) atoms. The fraction of sp³-hybridized carbons (Fsp3) is 0.231. The number of aromatic nitrogens is 2. The maximum atomic E-state index is 13.6. The topological polar surface area (TPSA) is 93.7 Å². The van der Waals surface area contributed by atoms with E-state index in [0.29, 0.717) is 25.5 Å². The first-order chi connectivity index (χ1) is 17.0. The Morgan fingerprint density at radius 3 is 2.23 bits per heavy atom. The van der Waals surface area contributed by atoms with Crippen LogP contribution in [0.4, 0.5) is 17.2 Å². The molecule has 0 unspecified atom stereocenters. The molecule has 178 valence electrons. The zero-order valence-electron chi connectivity index (χ0n) is 19.3. The van der Waals surface area contributed by atoms with Gasteiger partial charge in [-0.1, -0.05) is 24.3 Å². The zero-order valence-corrected chi connectivity index (χ0v) is 19.3. The summed E-state index contributed by atoms with van der Waals surface area (Å²) in [7, 11) is 1.65. The van der Waals surface area contributed by atoms with E-state index >= 15 is 0 Å². The zero-order chi connectivity index (χ0) is 24.4. The maximum Gasteiger partial charge on any atom is 0.294 e. The van der Waals surface area contributed by atoms with Gasteiger partial charge in [0.05, 0.1) is 29.6 Å². The first-order valence-corrected chi connectivity index (χ1v) is 11.4. The second-order valence-corrected chi connectivity index (χ2v) is 8.41. The molecule has 0 N–H and O–H groups in total. The van der Waals surface area contributed by atoms with E-state index in [4.69, 9.17) is 9.72 Å². The van der Waals surface area contributed by atoms with Crippen molar-refractivity contribution < 1.29 is 9.66 Å². The number of para-hydroxylation sites is 2. The minimum atomic E-state index is -0.429. The number of rotatable bonds is 6. The highest BCUT2D eigenvalue weighted by atomic mass is 16.6. The highest BCUT2D eigenvalue weighted by molar-refractivity contribution is 5.76. The normalized spacial score (nSPS) is 13.7. The predicted octanol–water partition coefficient (Wildman–Crippen LogP) is 3.69. The third-order valence-electron chi connectivity index (χ3n) is 6.34. The van der Waals surface area contributed by atoms with E-state index in [2.05, 4.69) is 4.90 Å². The molecule has 1 fully saturated rings. The number of methoxy groups -OCH3 is 1. The van der Waals surface area contributed by atoms with E-state index in [9.17, 15) is 14.9 Å². The van der Waals surface area contributed by atoms with Gasteiger partial charge in [0.15, 0.2) is 5.82 Å². The number of nitro groups is 1. The molecule has 0 spiro atoms. The Kier molecular flexibility index (Phi) is 6.05. The number of ether oxygens (including phenoxy) is 1. The lowest BCUT2D eigenvalue weighted by Gasteiger charge is -2.36. The van der Waals surface area contributed by atoms with Crippen LogP contribution in [-0.2, 0) is 6.54 Å². The van der Waals surface area contributed by atoms with Gasteiger partial charge >= 0.3 is 0 Å². The summed E-state index contributed by atoms with van der Waals surface area (Å²) in [5.74, 6) is 1.25. The van der Waals surface area contributed by atoms with Crippen LogP contribution in [0.1, 0.15) is 5.56 Å². The van der Waals surface area contributed by atoms with Crippen molar-refractivity contribution in [2.45, 2.75) is 6.54 Å². The lowest BCUT2D eigenvalue weighted by atomic mass is 10.2. The molecule has 0 aliphatic carbocycles. The number of nitro benzene ring substituents is 1. The van der Waals surface area contributed by atoms with E-state index in [1.54, 1.807) is 23.8 Å². The number of piperazine rings is 1. The predicted molar refractivity (Wildman–Crippen MR) is 136 cm³/mol. The lowest BCUT2D eigenvalue weighted by Crippen LogP contribution is -2.49. The van der Waals surface area contributed by atoms with Crippen LogP contribution in [-0.4, -0.2) is 47.8 Å². The van der Waals surface area contributed by atoms with Gasteiger partial charge in [0.25, 0.3) is 11.2 Å². The molecular weight excluding hydrogens is 446 g/mol. The van der Waals surface area contributed by atoms with E-state index < -0.39 is 4.92 Å². The van der Waals surface area contributed by atoms with Crippen molar-refractivity contribution >= 4 is 28.2 Å². The third kappa shape index (κ3) is 4.52. The van der Waals surface area contributed by atoms with E-state index in [-0.39, 0.29) is 11.2 Å². The van der Waals surface area contributed by atoms with Gasteiger partial charge in [0, 0.05) is 44.0 Å². The Balaban J connectivity index is 1.42. The summed E-state index contributed by atoms with van der Waals surface area (Å²) in [6, 6.07) is 21.8. The van der Waals surface area contributed by atoms with Crippen molar-refractivity contribution in [3.05, 3.63) is 98.8 Å². The molecule has 0 bridgehead atoms. The van der Waals surface area contributed by atoms with E-state index in [1.165, 1.54) is 12.1 Å². The van der Waals surface area contributed by atoms with Crippen LogP contribution < -0.4 is 20.1 Å². The average Bonchev–Trinajstić information content (AvgIpc) is 2.90. The van der Waals surface area contributed by atoms with Crippen molar-refractivity contribution in [3.8, 4) is 5.75 Å². The molecule has 9 heteroatoms. The van der Waals surface area contributed by atoms with E-state index in [0.717, 1.165) is 41.1 Å². The number of nitrogens with zero attached hydrogens (tertiary/aromatic N) is 5. The second kappa shape index (κ2) is 9.46. The van der Waals surface area contributed by atoms with E-state index in [1.807, 2.05) is 53.4 Å². The average molecular weight is 472 g/mol. The largest absolute Gasteiger partial charge is 0.497 e. The quantitative estimate of drug-likeness (QED) is 0.313. The Morgan fingerprint density at radius 2 is 1.57 bits per heavy atom. The van der Waals surface area contributed by atoms with Crippen LogP contribution in [0.25, 0.3) is 11.0 Å². The smallest absolute Gasteiger partial charge is 0.294 e. The highest BCUT2D eigenvalue weighted by Crippen LogP contribution is 2.23. The van der Waals surface area contributed by atoms with Crippen molar-refractivity contribution in [2.24, 2.45) is 0 Å². The van der Waals surface area contributed by atoms with Crippen molar-refractivity contribution in [2.75, 3.05) is 43.1 Å². The van der Waals surface area contributed by atoms with Gasteiger partial charge in [0.2, 0.25) is 0 Å². The fourth-order valence-corrected chi connectivity index (χ4v) is 4.42. The molecule has 0 atom stereocenters. The first-order valence-electron chi connectivity index (χ1n) is 11.4. The molecule has 1 saturated heterocycles. The van der Waals surface area contributed by atoms with Crippen LogP contribution in [0.5, 0.6) is 5.75 Å². The third-order valence-corrected chi connectivity index (χ3v) is 6.34. The fourth-order valence-electron chi connectivity index (χ4n) is 4.42. The molecule has 3 aromatic carbocycles. The van der Waals surface area contributed by atoms with Gasteiger partial charge in [-0.15, -0.1) is 0 Å². The standard InChI is InChI=1S/C26H25N5O4/c1-35-22-12-10-20(11-13-22)28-14-16-29(17-15-28)25-26(32)30(24-5-3-2-4-23(24)27-25)18-19-6-8-21(9-7-19)31(33)34/h2-13H,14-18H2,1H3. The number of non-ortho nitro benzene ring substituents is 1. The molecule has 0 amide bonds. The molecule has 0 radical (unpaired) electrons. The summed E-state index contributed by atoms with van der Waals surface area (Å²) in [5.41, 5.74) is 3.26. The SMILES string of the molecule is COc1ccc(N2CCN(c3nc4ccccc4n(Cc4ccc([N+](=O)[O-])cc4)c3=O)CC2)cc1. The van der Waals surface area contributed by atoms with Crippen LogP contribution in [0.15, 0.2) is 77.6 Å². The summed E-state index contributed by atoms with van der Waals surface area (Å²) in [6.45, 7) is 3.18. The molecule has 4 aromatic rings. The van der Waals surface area contributed by atoms with Crippen LogP contribution in [0, 0.1) is 10.1 Å². The van der Waals surface area contributed by atoms with Crippen LogP contribution in [0.2, 0.25) is 0 Å². The van der Waals surface area contributed by atoms with Gasteiger partial charge in [-0.3, -0.25) is 19.5 Å². The summed E-state index contributed by atoms with van der Waals surface area (Å²) >= 11 is 0. The second-order valence-electron chi connectivity index (χ2n) is 8.41. The Labute approximate surface area is 202 Å². The van der Waals surface area contributed by atoms with Gasteiger partial charge in [-0.05, 0) is 42.0 Å². The minimum absolute atomic E-state index is 0.0242. The summed E-state index contributed by atoms with van der Waals surface area (Å²) in [5, 5.41) is 11.0. The van der Waals surface area contributed by atoms with Crippen molar-refractivity contribution in [3.63, 3.8) is 0 Å². The molecule has 9 nitrogen and oxygen atoms in total. The number of anilines is 2. The molecule has 5 rings (SSSR count).